The van der Waals surface area contributed by atoms with Crippen molar-refractivity contribution >= 4 is 27.7 Å². The summed E-state index contributed by atoms with van der Waals surface area (Å²) < 4.78 is 11.5. The van der Waals surface area contributed by atoms with Crippen LogP contribution in [-0.4, -0.2) is 25.0 Å². The average Bonchev–Trinajstić information content (AvgIpc) is 2.60. The lowest BCUT2D eigenvalue weighted by Crippen LogP contribution is -2.43. The molecule has 2 aromatic rings. The number of ether oxygens (including phenoxy) is 2. The zero-order valence-corrected chi connectivity index (χ0v) is 16.5. The van der Waals surface area contributed by atoms with E-state index in [4.69, 9.17) is 9.47 Å². The normalized spacial score (nSPS) is 10.2. The fraction of sp³-hybridized carbons (Fsp3) is 0.263. The molecule has 0 aromatic heterocycles. The highest BCUT2D eigenvalue weighted by Gasteiger charge is 2.11. The van der Waals surface area contributed by atoms with Gasteiger partial charge in [-0.25, -0.2) is 0 Å². The van der Waals surface area contributed by atoms with Crippen LogP contribution in [0.3, 0.4) is 0 Å². The van der Waals surface area contributed by atoms with Crippen molar-refractivity contribution in [2.75, 3.05) is 13.2 Å². The average molecular weight is 421 g/mol. The molecular formula is C19H21BrN2O4. The van der Waals surface area contributed by atoms with Gasteiger partial charge in [0.15, 0.2) is 6.61 Å². The van der Waals surface area contributed by atoms with Gasteiger partial charge in [0.2, 0.25) is 0 Å². The molecule has 0 aliphatic rings. The largest absolute Gasteiger partial charge is 0.493 e. The van der Waals surface area contributed by atoms with Gasteiger partial charge in [0, 0.05) is 5.56 Å². The Balaban J connectivity index is 1.84. The smallest absolute Gasteiger partial charge is 0.276 e. The van der Waals surface area contributed by atoms with Crippen LogP contribution in [0, 0.1) is 13.8 Å². The monoisotopic (exact) mass is 420 g/mol. The number of hydrogen-bond acceptors (Lipinski definition) is 4. The standard InChI is InChI=1S/C19H21BrN2O4/c1-4-25-17-8-6-14(10-15(17)20)19(24)22-21-18(23)11-26-16-7-5-12(2)9-13(16)3/h5-10H,4,11H2,1-3H3,(H,21,23)(H,22,24). The van der Waals surface area contributed by atoms with Crippen molar-refractivity contribution in [3.63, 3.8) is 0 Å². The fourth-order valence-electron chi connectivity index (χ4n) is 2.25. The third-order valence-corrected chi connectivity index (χ3v) is 4.12. The molecule has 138 valence electrons. The number of carbonyl (C=O) groups excluding carboxylic acids is 2. The van der Waals surface area contributed by atoms with Gasteiger partial charge < -0.3 is 9.47 Å². The summed E-state index contributed by atoms with van der Waals surface area (Å²) in [5, 5.41) is 0. The van der Waals surface area contributed by atoms with Crippen LogP contribution in [0.15, 0.2) is 40.9 Å². The lowest BCUT2D eigenvalue weighted by Gasteiger charge is -2.11. The molecule has 0 heterocycles. The molecule has 0 saturated heterocycles. The maximum absolute atomic E-state index is 12.1. The van der Waals surface area contributed by atoms with Crippen molar-refractivity contribution in [2.45, 2.75) is 20.8 Å². The van der Waals surface area contributed by atoms with Crippen molar-refractivity contribution in [3.8, 4) is 11.5 Å². The number of hydrogen-bond donors (Lipinski definition) is 2. The number of nitrogens with one attached hydrogen (secondary N) is 2. The molecule has 0 radical (unpaired) electrons. The molecule has 0 bridgehead atoms. The molecule has 0 spiro atoms. The first-order valence-electron chi connectivity index (χ1n) is 8.12. The molecule has 0 aliphatic carbocycles. The Morgan fingerprint density at radius 2 is 1.73 bits per heavy atom. The summed E-state index contributed by atoms with van der Waals surface area (Å²) in [6.45, 7) is 6.10. The fourth-order valence-corrected chi connectivity index (χ4v) is 2.75. The summed E-state index contributed by atoms with van der Waals surface area (Å²) in [7, 11) is 0. The van der Waals surface area contributed by atoms with Crippen LogP contribution >= 0.6 is 15.9 Å². The number of halogens is 1. The maximum Gasteiger partial charge on any atom is 0.276 e. The van der Waals surface area contributed by atoms with Gasteiger partial charge in [-0.05, 0) is 66.5 Å². The zero-order chi connectivity index (χ0) is 19.1. The predicted octanol–water partition coefficient (Wildman–Crippen LogP) is 3.30. The minimum absolute atomic E-state index is 0.197. The van der Waals surface area contributed by atoms with E-state index < -0.39 is 11.8 Å². The maximum atomic E-state index is 12.1. The van der Waals surface area contributed by atoms with Gasteiger partial charge in [-0.3, -0.25) is 20.4 Å². The lowest BCUT2D eigenvalue weighted by molar-refractivity contribution is -0.123. The van der Waals surface area contributed by atoms with Gasteiger partial charge in [0.05, 0.1) is 11.1 Å². The second-order valence-corrected chi connectivity index (χ2v) is 6.49. The minimum atomic E-state index is -0.455. The molecule has 26 heavy (non-hydrogen) atoms. The van der Waals surface area contributed by atoms with Gasteiger partial charge in [-0.2, -0.15) is 0 Å². The summed E-state index contributed by atoms with van der Waals surface area (Å²) in [4.78, 5) is 24.0. The third-order valence-electron chi connectivity index (χ3n) is 3.50. The van der Waals surface area contributed by atoms with Crippen molar-refractivity contribution in [1.82, 2.24) is 10.9 Å². The number of amides is 2. The molecule has 2 N–H and O–H groups in total. The molecular weight excluding hydrogens is 400 g/mol. The van der Waals surface area contributed by atoms with Crippen molar-refractivity contribution in [1.29, 1.82) is 0 Å². The van der Waals surface area contributed by atoms with E-state index in [2.05, 4.69) is 26.8 Å². The van der Waals surface area contributed by atoms with E-state index in [0.717, 1.165) is 11.1 Å². The van der Waals surface area contributed by atoms with E-state index in [-0.39, 0.29) is 6.61 Å². The number of carbonyl (C=O) groups is 2. The number of benzene rings is 2. The van der Waals surface area contributed by atoms with E-state index >= 15 is 0 Å². The molecule has 0 fully saturated rings. The molecule has 6 nitrogen and oxygen atoms in total. The van der Waals surface area contributed by atoms with E-state index in [1.807, 2.05) is 39.0 Å². The highest BCUT2D eigenvalue weighted by molar-refractivity contribution is 9.10. The topological polar surface area (TPSA) is 76.7 Å². The van der Waals surface area contributed by atoms with Gasteiger partial charge in [-0.1, -0.05) is 17.7 Å². The second kappa shape index (κ2) is 9.24. The van der Waals surface area contributed by atoms with Gasteiger partial charge in [-0.15, -0.1) is 0 Å². The third kappa shape index (κ3) is 5.49. The number of rotatable bonds is 6. The highest BCUT2D eigenvalue weighted by atomic mass is 79.9. The Labute approximate surface area is 161 Å². The molecule has 0 unspecified atom stereocenters. The van der Waals surface area contributed by atoms with E-state index in [1.54, 1.807) is 18.2 Å². The van der Waals surface area contributed by atoms with Crippen LogP contribution in [0.25, 0.3) is 0 Å². The lowest BCUT2D eigenvalue weighted by atomic mass is 10.1. The Bertz CT molecular complexity index is 808. The van der Waals surface area contributed by atoms with Crippen LogP contribution in [0.4, 0.5) is 0 Å². The summed E-state index contributed by atoms with van der Waals surface area (Å²) in [6.07, 6.45) is 0. The highest BCUT2D eigenvalue weighted by Crippen LogP contribution is 2.25. The Kier molecular flexibility index (Phi) is 7.03. The van der Waals surface area contributed by atoms with Crippen LogP contribution in [0.2, 0.25) is 0 Å². The molecule has 7 heteroatoms. The first kappa shape index (κ1) is 19.8. The van der Waals surface area contributed by atoms with Crippen molar-refractivity contribution < 1.29 is 19.1 Å². The Hall–Kier alpha value is -2.54. The molecule has 0 aliphatic heterocycles. The summed E-state index contributed by atoms with van der Waals surface area (Å²) in [5.41, 5.74) is 7.14. The first-order chi connectivity index (χ1) is 12.4. The SMILES string of the molecule is CCOc1ccc(C(=O)NNC(=O)COc2ccc(C)cc2C)cc1Br. The first-order valence-corrected chi connectivity index (χ1v) is 8.91. The van der Waals surface area contributed by atoms with E-state index in [1.165, 1.54) is 0 Å². The number of hydrazine groups is 1. The minimum Gasteiger partial charge on any atom is -0.493 e. The second-order valence-electron chi connectivity index (χ2n) is 5.64. The van der Waals surface area contributed by atoms with Crippen LogP contribution in [0.5, 0.6) is 11.5 Å². The van der Waals surface area contributed by atoms with Gasteiger partial charge in [0.1, 0.15) is 11.5 Å². The molecule has 2 amide bonds. The van der Waals surface area contributed by atoms with Crippen molar-refractivity contribution in [3.05, 3.63) is 57.6 Å². The predicted molar refractivity (Wildman–Crippen MR) is 102 cm³/mol. The summed E-state index contributed by atoms with van der Waals surface area (Å²) in [5.74, 6) is 0.388. The van der Waals surface area contributed by atoms with Crippen molar-refractivity contribution in [2.24, 2.45) is 0 Å². The number of aryl methyl sites for hydroxylation is 2. The molecule has 2 rings (SSSR count). The van der Waals surface area contributed by atoms with Crippen LogP contribution in [0.1, 0.15) is 28.4 Å². The zero-order valence-electron chi connectivity index (χ0n) is 14.9. The quantitative estimate of drug-likeness (QED) is 0.702. The van der Waals surface area contributed by atoms with E-state index in [9.17, 15) is 9.59 Å². The van der Waals surface area contributed by atoms with Crippen LogP contribution < -0.4 is 20.3 Å². The Morgan fingerprint density at radius 3 is 2.38 bits per heavy atom. The summed E-state index contributed by atoms with van der Waals surface area (Å²) >= 11 is 3.35. The van der Waals surface area contributed by atoms with Gasteiger partial charge >= 0.3 is 0 Å². The Morgan fingerprint density at radius 1 is 1.00 bits per heavy atom. The molecule has 0 saturated carbocycles. The van der Waals surface area contributed by atoms with Gasteiger partial charge in [0.25, 0.3) is 11.8 Å². The molecule has 2 aromatic carbocycles. The summed E-state index contributed by atoms with van der Waals surface area (Å²) in [6, 6.07) is 10.6. The van der Waals surface area contributed by atoms with E-state index in [0.29, 0.717) is 28.1 Å². The molecule has 0 atom stereocenters. The van der Waals surface area contributed by atoms with Crippen LogP contribution in [-0.2, 0) is 4.79 Å².